The van der Waals surface area contributed by atoms with Gasteiger partial charge < -0.3 is 10.7 Å². The van der Waals surface area contributed by atoms with Gasteiger partial charge in [0, 0.05) is 24.7 Å². The van der Waals surface area contributed by atoms with Crippen molar-refractivity contribution < 1.29 is 0 Å². The summed E-state index contributed by atoms with van der Waals surface area (Å²) in [7, 11) is 0. The molecule has 2 aromatic rings. The molecule has 3 rings (SSSR count). The Morgan fingerprint density at radius 1 is 1.45 bits per heavy atom. The summed E-state index contributed by atoms with van der Waals surface area (Å²) in [6.45, 7) is 6.98. The fraction of sp³-hybridized carbons (Fsp3) is 0.562. The van der Waals surface area contributed by atoms with Crippen molar-refractivity contribution in [3.8, 4) is 0 Å². The molecule has 108 valence electrons. The van der Waals surface area contributed by atoms with E-state index in [1.165, 1.54) is 19.4 Å². The number of rotatable bonds is 4. The third-order valence-electron chi connectivity index (χ3n) is 4.37. The van der Waals surface area contributed by atoms with Gasteiger partial charge in [-0.25, -0.2) is 4.98 Å². The van der Waals surface area contributed by atoms with E-state index in [9.17, 15) is 0 Å². The van der Waals surface area contributed by atoms with Crippen molar-refractivity contribution in [1.82, 2.24) is 14.9 Å². The van der Waals surface area contributed by atoms with Crippen molar-refractivity contribution in [2.75, 3.05) is 18.8 Å². The maximum atomic E-state index is 5.80. The van der Waals surface area contributed by atoms with E-state index in [1.54, 1.807) is 0 Å². The van der Waals surface area contributed by atoms with E-state index in [4.69, 9.17) is 5.73 Å². The topological polar surface area (TPSA) is 57.9 Å². The molecule has 0 saturated carbocycles. The molecule has 0 radical (unpaired) electrons. The van der Waals surface area contributed by atoms with Crippen LogP contribution >= 0.6 is 0 Å². The Morgan fingerprint density at radius 3 is 3.10 bits per heavy atom. The predicted molar refractivity (Wildman–Crippen MR) is 83.6 cm³/mol. The van der Waals surface area contributed by atoms with Crippen molar-refractivity contribution in [2.24, 2.45) is 5.92 Å². The molecule has 1 aliphatic heterocycles. The summed E-state index contributed by atoms with van der Waals surface area (Å²) in [5.41, 5.74) is 8.64. The number of imidazole rings is 1. The van der Waals surface area contributed by atoms with Crippen LogP contribution in [0, 0.1) is 5.92 Å². The van der Waals surface area contributed by atoms with E-state index in [0.29, 0.717) is 0 Å². The molecule has 2 heterocycles. The molecule has 3 N–H and O–H groups in total. The first-order valence-electron chi connectivity index (χ1n) is 7.61. The maximum Gasteiger partial charge on any atom is 0.108 e. The van der Waals surface area contributed by atoms with Crippen LogP contribution in [0.1, 0.15) is 32.5 Å². The molecule has 1 aromatic carbocycles. The number of aromatic nitrogens is 2. The minimum absolute atomic E-state index is 0.743. The Morgan fingerprint density at radius 2 is 2.30 bits per heavy atom. The second kappa shape index (κ2) is 5.44. The van der Waals surface area contributed by atoms with E-state index in [0.717, 1.165) is 47.5 Å². The zero-order valence-electron chi connectivity index (χ0n) is 12.4. The number of nitrogen functional groups attached to an aromatic ring is 1. The Kier molecular flexibility index (Phi) is 3.66. The number of fused-ring (bicyclic) bond motifs is 1. The van der Waals surface area contributed by atoms with E-state index in [-0.39, 0.29) is 0 Å². The summed E-state index contributed by atoms with van der Waals surface area (Å²) in [6, 6.07) is 6.59. The lowest BCUT2D eigenvalue weighted by Gasteiger charge is -2.27. The van der Waals surface area contributed by atoms with Gasteiger partial charge >= 0.3 is 0 Å². The molecule has 4 nitrogen and oxygen atoms in total. The van der Waals surface area contributed by atoms with Gasteiger partial charge in [-0.05, 0) is 43.5 Å². The van der Waals surface area contributed by atoms with E-state index < -0.39 is 0 Å². The average molecular weight is 272 g/mol. The molecule has 1 aliphatic rings. The fourth-order valence-corrected chi connectivity index (χ4v) is 3.33. The highest BCUT2D eigenvalue weighted by atomic mass is 15.2. The predicted octanol–water partition coefficient (Wildman–Crippen LogP) is 2.81. The van der Waals surface area contributed by atoms with Crippen LogP contribution < -0.4 is 5.73 Å². The molecule has 1 saturated heterocycles. The van der Waals surface area contributed by atoms with Crippen LogP contribution in [-0.4, -0.2) is 34.0 Å². The summed E-state index contributed by atoms with van der Waals surface area (Å²) in [5.74, 6) is 1.81. The zero-order chi connectivity index (χ0) is 14.1. The molecule has 1 unspecified atom stereocenters. The van der Waals surface area contributed by atoms with Crippen LogP contribution in [0.25, 0.3) is 11.0 Å². The number of hydrogen-bond acceptors (Lipinski definition) is 3. The van der Waals surface area contributed by atoms with Gasteiger partial charge in [-0.15, -0.1) is 0 Å². The van der Waals surface area contributed by atoms with E-state index in [1.807, 2.05) is 18.2 Å². The lowest BCUT2D eigenvalue weighted by atomic mass is 10.0. The van der Waals surface area contributed by atoms with Crippen molar-refractivity contribution in [2.45, 2.75) is 39.2 Å². The Bertz CT molecular complexity index is 587. The lowest BCUT2D eigenvalue weighted by molar-refractivity contribution is 0.208. The molecule has 20 heavy (non-hydrogen) atoms. The van der Waals surface area contributed by atoms with Crippen LogP contribution in [0.5, 0.6) is 0 Å². The molecular formula is C16H24N4. The van der Waals surface area contributed by atoms with Crippen molar-refractivity contribution in [3.05, 3.63) is 24.0 Å². The Labute approximate surface area is 120 Å². The van der Waals surface area contributed by atoms with Crippen LogP contribution in [0.4, 0.5) is 5.69 Å². The summed E-state index contributed by atoms with van der Waals surface area (Å²) < 4.78 is 0. The quantitative estimate of drug-likeness (QED) is 0.841. The van der Waals surface area contributed by atoms with Crippen LogP contribution in [0.2, 0.25) is 0 Å². The number of H-pyrrole nitrogens is 1. The first-order valence-corrected chi connectivity index (χ1v) is 7.61. The lowest BCUT2D eigenvalue weighted by Crippen LogP contribution is -2.35. The van der Waals surface area contributed by atoms with Gasteiger partial charge in [-0.1, -0.05) is 13.8 Å². The number of hydrogen-bond donors (Lipinski definition) is 2. The fourth-order valence-electron chi connectivity index (χ4n) is 3.33. The normalized spacial score (nSPS) is 20.2. The number of nitrogens with zero attached hydrogens (tertiary/aromatic N) is 2. The SMILES string of the molecule is CC(C)C1CCCN1CCc1nc2ccc(N)cc2[nH]1. The largest absolute Gasteiger partial charge is 0.399 e. The number of aromatic amines is 1. The molecular weight excluding hydrogens is 248 g/mol. The van der Waals surface area contributed by atoms with Gasteiger partial charge in [0.1, 0.15) is 5.82 Å². The molecule has 1 atom stereocenters. The summed E-state index contributed by atoms with van der Waals surface area (Å²) in [4.78, 5) is 10.7. The highest BCUT2D eigenvalue weighted by Crippen LogP contribution is 2.24. The molecule has 0 spiro atoms. The van der Waals surface area contributed by atoms with Gasteiger partial charge in [0.05, 0.1) is 11.0 Å². The maximum absolute atomic E-state index is 5.80. The van der Waals surface area contributed by atoms with Gasteiger partial charge in [-0.3, -0.25) is 4.90 Å². The van der Waals surface area contributed by atoms with E-state index >= 15 is 0 Å². The van der Waals surface area contributed by atoms with Gasteiger partial charge in [0.25, 0.3) is 0 Å². The molecule has 1 fully saturated rings. The van der Waals surface area contributed by atoms with Gasteiger partial charge in [0.2, 0.25) is 0 Å². The third kappa shape index (κ3) is 2.66. The Balaban J connectivity index is 1.67. The summed E-state index contributed by atoms with van der Waals surface area (Å²) in [5, 5.41) is 0. The number of nitrogens with one attached hydrogen (secondary N) is 1. The molecule has 0 bridgehead atoms. The van der Waals surface area contributed by atoms with E-state index in [2.05, 4.69) is 28.7 Å². The monoisotopic (exact) mass is 272 g/mol. The average Bonchev–Trinajstić information content (AvgIpc) is 3.01. The van der Waals surface area contributed by atoms with Gasteiger partial charge in [-0.2, -0.15) is 0 Å². The van der Waals surface area contributed by atoms with Crippen LogP contribution in [-0.2, 0) is 6.42 Å². The Hall–Kier alpha value is -1.55. The highest BCUT2D eigenvalue weighted by Gasteiger charge is 2.26. The van der Waals surface area contributed by atoms with Crippen molar-refractivity contribution >= 4 is 16.7 Å². The minimum Gasteiger partial charge on any atom is -0.399 e. The standard InChI is InChI=1S/C16H24N4/c1-11(2)15-4-3-8-20(15)9-7-16-18-13-6-5-12(17)10-14(13)19-16/h5-6,10-11,15H,3-4,7-9,17H2,1-2H3,(H,18,19). The van der Waals surface area contributed by atoms with Gasteiger partial charge in [0.15, 0.2) is 0 Å². The van der Waals surface area contributed by atoms with Crippen LogP contribution in [0.3, 0.4) is 0 Å². The molecule has 0 amide bonds. The second-order valence-electron chi connectivity index (χ2n) is 6.20. The van der Waals surface area contributed by atoms with Crippen molar-refractivity contribution in [3.63, 3.8) is 0 Å². The smallest absolute Gasteiger partial charge is 0.108 e. The molecule has 4 heteroatoms. The highest BCUT2D eigenvalue weighted by molar-refractivity contribution is 5.78. The molecule has 0 aliphatic carbocycles. The summed E-state index contributed by atoms with van der Waals surface area (Å²) >= 11 is 0. The summed E-state index contributed by atoms with van der Waals surface area (Å²) in [6.07, 6.45) is 3.66. The zero-order valence-corrected chi connectivity index (χ0v) is 12.4. The first kappa shape index (κ1) is 13.4. The van der Waals surface area contributed by atoms with Crippen LogP contribution in [0.15, 0.2) is 18.2 Å². The number of nitrogens with two attached hydrogens (primary N) is 1. The number of anilines is 1. The molecule has 1 aromatic heterocycles. The van der Waals surface area contributed by atoms with Crippen molar-refractivity contribution in [1.29, 1.82) is 0 Å². The number of benzene rings is 1. The first-order chi connectivity index (χ1) is 9.63. The third-order valence-corrected chi connectivity index (χ3v) is 4.37. The minimum atomic E-state index is 0.743. The number of likely N-dealkylation sites (tertiary alicyclic amines) is 1. The second-order valence-corrected chi connectivity index (χ2v) is 6.20.